The quantitative estimate of drug-likeness (QED) is 0.479. The molecule has 0 rings (SSSR count). The van der Waals surface area contributed by atoms with Crippen LogP contribution in [0.1, 0.15) is 53.9 Å². The molecular weight excluding hydrogens is 268 g/mol. The van der Waals surface area contributed by atoms with Gasteiger partial charge in [0.05, 0.1) is 5.92 Å². The summed E-state index contributed by atoms with van der Waals surface area (Å²) in [5, 5.41) is 0. The Hall–Kier alpha value is -1.58. The molecule has 0 radical (unpaired) electrons. The van der Waals surface area contributed by atoms with E-state index in [1.54, 1.807) is 0 Å². The fraction of sp³-hybridized carbons (Fsp3) is 0.647. The number of carbonyl (C=O) groups is 2. The van der Waals surface area contributed by atoms with Gasteiger partial charge in [0.2, 0.25) is 0 Å². The van der Waals surface area contributed by atoms with Gasteiger partial charge in [0.1, 0.15) is 13.2 Å². The normalized spacial score (nSPS) is 13.8. The highest BCUT2D eigenvalue weighted by Gasteiger charge is 2.11. The Morgan fingerprint density at radius 1 is 1.05 bits per heavy atom. The van der Waals surface area contributed by atoms with E-state index in [0.717, 1.165) is 24.8 Å². The molecule has 4 heteroatoms. The Morgan fingerprint density at radius 3 is 2.29 bits per heavy atom. The van der Waals surface area contributed by atoms with Crippen LogP contribution in [0.25, 0.3) is 0 Å². The molecule has 1 atom stereocenters. The summed E-state index contributed by atoms with van der Waals surface area (Å²) in [4.78, 5) is 22.2. The van der Waals surface area contributed by atoms with Crippen molar-refractivity contribution in [2.45, 2.75) is 53.9 Å². The van der Waals surface area contributed by atoms with Gasteiger partial charge in [-0.2, -0.15) is 0 Å². The van der Waals surface area contributed by atoms with E-state index >= 15 is 0 Å². The fourth-order valence-electron chi connectivity index (χ4n) is 1.50. The monoisotopic (exact) mass is 296 g/mol. The second-order valence-corrected chi connectivity index (χ2v) is 5.36. The summed E-state index contributed by atoms with van der Waals surface area (Å²) < 4.78 is 10.1. The molecular formula is C17H28O4. The Bertz CT molecular complexity index is 394. The number of hydrogen-bond acceptors (Lipinski definition) is 4. The van der Waals surface area contributed by atoms with E-state index in [1.165, 1.54) is 12.5 Å². The SMILES string of the molecule is CCC(C)C(=O)OCC(C)=CCCC(C)=CCOC(C)=O. The molecule has 0 saturated heterocycles. The lowest BCUT2D eigenvalue weighted by Crippen LogP contribution is -2.14. The lowest BCUT2D eigenvalue weighted by molar-refractivity contribution is -0.147. The summed E-state index contributed by atoms with van der Waals surface area (Å²) in [5.74, 6) is -0.440. The smallest absolute Gasteiger partial charge is 0.308 e. The molecule has 0 bridgehead atoms. The first-order valence-electron chi connectivity index (χ1n) is 7.48. The Labute approximate surface area is 128 Å². The minimum absolute atomic E-state index is 0.0377. The van der Waals surface area contributed by atoms with E-state index < -0.39 is 0 Å². The summed E-state index contributed by atoms with van der Waals surface area (Å²) in [7, 11) is 0. The maximum absolute atomic E-state index is 11.5. The van der Waals surface area contributed by atoms with Gasteiger partial charge < -0.3 is 9.47 Å². The topological polar surface area (TPSA) is 52.6 Å². The van der Waals surface area contributed by atoms with Crippen molar-refractivity contribution in [3.05, 3.63) is 23.3 Å². The first-order valence-corrected chi connectivity index (χ1v) is 7.48. The molecule has 0 aliphatic carbocycles. The Balaban J connectivity index is 3.96. The van der Waals surface area contributed by atoms with Crippen LogP contribution in [0.5, 0.6) is 0 Å². The maximum atomic E-state index is 11.5. The predicted octanol–water partition coefficient (Wildman–Crippen LogP) is 3.81. The van der Waals surface area contributed by atoms with Gasteiger partial charge in [0, 0.05) is 6.92 Å². The van der Waals surface area contributed by atoms with Gasteiger partial charge in [-0.3, -0.25) is 9.59 Å². The Morgan fingerprint density at radius 2 is 1.71 bits per heavy atom. The zero-order valence-corrected chi connectivity index (χ0v) is 13.9. The van der Waals surface area contributed by atoms with Crippen molar-refractivity contribution < 1.29 is 19.1 Å². The second-order valence-electron chi connectivity index (χ2n) is 5.36. The zero-order valence-electron chi connectivity index (χ0n) is 13.9. The number of ether oxygens (including phenoxy) is 2. The minimum Gasteiger partial charge on any atom is -0.462 e. The third-order valence-corrected chi connectivity index (χ3v) is 3.21. The fourth-order valence-corrected chi connectivity index (χ4v) is 1.50. The molecule has 0 aromatic heterocycles. The molecule has 0 aromatic carbocycles. The lowest BCUT2D eigenvalue weighted by Gasteiger charge is -2.09. The van der Waals surface area contributed by atoms with Crippen molar-refractivity contribution in [2.24, 2.45) is 5.92 Å². The van der Waals surface area contributed by atoms with Crippen LogP contribution in [-0.4, -0.2) is 25.2 Å². The molecule has 4 nitrogen and oxygen atoms in total. The molecule has 0 amide bonds. The predicted molar refractivity (Wildman–Crippen MR) is 83.8 cm³/mol. The van der Waals surface area contributed by atoms with Crippen LogP contribution in [0.3, 0.4) is 0 Å². The summed E-state index contributed by atoms with van der Waals surface area (Å²) >= 11 is 0. The highest BCUT2D eigenvalue weighted by atomic mass is 16.5. The van der Waals surface area contributed by atoms with Gasteiger partial charge in [-0.25, -0.2) is 0 Å². The molecule has 0 aliphatic rings. The van der Waals surface area contributed by atoms with Crippen LogP contribution in [0.4, 0.5) is 0 Å². The Kier molecular flexibility index (Phi) is 10.3. The number of allylic oxidation sites excluding steroid dienone is 2. The van der Waals surface area contributed by atoms with Crippen molar-refractivity contribution in [1.29, 1.82) is 0 Å². The van der Waals surface area contributed by atoms with Gasteiger partial charge in [-0.05, 0) is 44.8 Å². The lowest BCUT2D eigenvalue weighted by atomic mass is 10.1. The maximum Gasteiger partial charge on any atom is 0.308 e. The first kappa shape index (κ1) is 19.4. The third kappa shape index (κ3) is 10.8. The highest BCUT2D eigenvalue weighted by Crippen LogP contribution is 2.09. The molecule has 21 heavy (non-hydrogen) atoms. The molecule has 0 N–H and O–H groups in total. The number of esters is 2. The molecule has 1 unspecified atom stereocenters. The van der Waals surface area contributed by atoms with E-state index in [9.17, 15) is 9.59 Å². The minimum atomic E-state index is -0.266. The van der Waals surface area contributed by atoms with Crippen molar-refractivity contribution in [3.63, 3.8) is 0 Å². The van der Waals surface area contributed by atoms with Gasteiger partial charge in [0.25, 0.3) is 0 Å². The van der Waals surface area contributed by atoms with E-state index in [4.69, 9.17) is 9.47 Å². The standard InChI is InChI=1S/C17H28O4/c1-6-15(4)17(19)21-12-14(3)9-7-8-13(2)10-11-20-16(5)18/h9-10,15H,6-8,11-12H2,1-5H3. The zero-order chi connectivity index (χ0) is 16.3. The van der Waals surface area contributed by atoms with E-state index in [1.807, 2.05) is 33.8 Å². The number of hydrogen-bond donors (Lipinski definition) is 0. The van der Waals surface area contributed by atoms with Crippen LogP contribution in [0.15, 0.2) is 23.3 Å². The van der Waals surface area contributed by atoms with Crippen molar-refractivity contribution in [2.75, 3.05) is 13.2 Å². The molecule has 0 spiro atoms. The van der Waals surface area contributed by atoms with Crippen LogP contribution in [0, 0.1) is 5.92 Å². The van der Waals surface area contributed by atoms with E-state index in [0.29, 0.717) is 13.2 Å². The van der Waals surface area contributed by atoms with Gasteiger partial charge in [0.15, 0.2) is 0 Å². The van der Waals surface area contributed by atoms with Crippen molar-refractivity contribution in [1.82, 2.24) is 0 Å². The first-order chi connectivity index (χ1) is 9.86. The molecule has 0 aromatic rings. The van der Waals surface area contributed by atoms with Crippen LogP contribution in [0.2, 0.25) is 0 Å². The van der Waals surface area contributed by atoms with Gasteiger partial charge in [-0.15, -0.1) is 0 Å². The molecule has 120 valence electrons. The van der Waals surface area contributed by atoms with Gasteiger partial charge >= 0.3 is 11.9 Å². The summed E-state index contributed by atoms with van der Waals surface area (Å²) in [5.41, 5.74) is 2.23. The molecule has 0 heterocycles. The average molecular weight is 296 g/mol. The molecule has 0 saturated carbocycles. The number of rotatable bonds is 9. The molecule has 0 aliphatic heterocycles. The summed E-state index contributed by atoms with van der Waals surface area (Å²) in [6, 6.07) is 0. The van der Waals surface area contributed by atoms with Crippen molar-refractivity contribution >= 4 is 11.9 Å². The highest BCUT2D eigenvalue weighted by molar-refractivity contribution is 5.72. The van der Waals surface area contributed by atoms with Crippen molar-refractivity contribution in [3.8, 4) is 0 Å². The summed E-state index contributed by atoms with van der Waals surface area (Å²) in [6.07, 6.45) is 6.57. The largest absolute Gasteiger partial charge is 0.462 e. The third-order valence-electron chi connectivity index (χ3n) is 3.21. The van der Waals surface area contributed by atoms with E-state index in [-0.39, 0.29) is 17.9 Å². The summed E-state index contributed by atoms with van der Waals surface area (Å²) in [6.45, 7) is 9.90. The van der Waals surface area contributed by atoms with Crippen LogP contribution in [-0.2, 0) is 19.1 Å². The van der Waals surface area contributed by atoms with E-state index in [2.05, 4.69) is 6.08 Å². The van der Waals surface area contributed by atoms with Crippen LogP contribution < -0.4 is 0 Å². The number of carbonyl (C=O) groups excluding carboxylic acids is 2. The van der Waals surface area contributed by atoms with Gasteiger partial charge in [-0.1, -0.05) is 25.5 Å². The molecule has 0 fully saturated rings. The second kappa shape index (κ2) is 11.1. The van der Waals surface area contributed by atoms with Crippen LogP contribution >= 0.6 is 0 Å². The average Bonchev–Trinajstić information content (AvgIpc) is 2.43.